The van der Waals surface area contributed by atoms with Crippen molar-refractivity contribution in [3.05, 3.63) is 29.6 Å². The maximum absolute atomic E-state index is 12.0. The molecule has 1 aromatic heterocycles. The summed E-state index contributed by atoms with van der Waals surface area (Å²) in [6.45, 7) is 6.92. The number of carbonyl (C=O) groups is 1. The summed E-state index contributed by atoms with van der Waals surface area (Å²) in [6.07, 6.45) is 2.32. The number of pyridine rings is 1. The number of amides is 1. The van der Waals surface area contributed by atoms with Crippen molar-refractivity contribution in [2.45, 2.75) is 45.3 Å². The predicted octanol–water partition coefficient (Wildman–Crippen LogP) is 2.30. The zero-order valence-corrected chi connectivity index (χ0v) is 12.3. The number of likely N-dealkylation sites (tertiary alicyclic amines) is 1. The molecular weight excluding hydrogens is 256 g/mol. The normalized spacial score (nSPS) is 19.2. The van der Waals surface area contributed by atoms with Gasteiger partial charge in [0.25, 0.3) is 0 Å². The lowest BCUT2D eigenvalue weighted by Gasteiger charge is -2.24. The zero-order chi connectivity index (χ0) is 14.8. The van der Waals surface area contributed by atoms with Gasteiger partial charge in [0, 0.05) is 30.9 Å². The molecule has 1 atom stereocenters. The zero-order valence-electron chi connectivity index (χ0n) is 12.3. The second-order valence-corrected chi connectivity index (χ2v) is 6.16. The molecule has 2 heterocycles. The Morgan fingerprint density at radius 1 is 1.55 bits per heavy atom. The standard InChI is InChI=1S/C15H22N2O3/c1-15(2,3)20-14(19)17-7-5-12(9-17)13-8-11(10-18)4-6-16-13/h4,6,8,12,18H,5,7,9-10H2,1-3H3/t12-/m0/s1. The van der Waals surface area contributed by atoms with Crippen molar-refractivity contribution in [1.29, 1.82) is 0 Å². The number of ether oxygens (including phenoxy) is 1. The van der Waals surface area contributed by atoms with E-state index >= 15 is 0 Å². The first-order chi connectivity index (χ1) is 9.39. The lowest BCUT2D eigenvalue weighted by atomic mass is 10.0. The van der Waals surface area contributed by atoms with E-state index < -0.39 is 5.60 Å². The Morgan fingerprint density at radius 3 is 2.95 bits per heavy atom. The van der Waals surface area contributed by atoms with Gasteiger partial charge in [0.1, 0.15) is 5.60 Å². The second-order valence-electron chi connectivity index (χ2n) is 6.16. The van der Waals surface area contributed by atoms with Gasteiger partial charge in [-0.25, -0.2) is 4.79 Å². The molecule has 5 heteroatoms. The Morgan fingerprint density at radius 2 is 2.30 bits per heavy atom. The monoisotopic (exact) mass is 278 g/mol. The average molecular weight is 278 g/mol. The Bertz CT molecular complexity index is 482. The summed E-state index contributed by atoms with van der Waals surface area (Å²) in [5, 5.41) is 9.16. The lowest BCUT2D eigenvalue weighted by Crippen LogP contribution is -2.35. The smallest absolute Gasteiger partial charge is 0.410 e. The molecule has 1 amide bonds. The van der Waals surface area contributed by atoms with E-state index in [0.29, 0.717) is 13.1 Å². The third kappa shape index (κ3) is 3.70. The summed E-state index contributed by atoms with van der Waals surface area (Å²) >= 11 is 0. The van der Waals surface area contributed by atoms with Crippen LogP contribution in [0.15, 0.2) is 18.3 Å². The summed E-state index contributed by atoms with van der Waals surface area (Å²) < 4.78 is 5.38. The van der Waals surface area contributed by atoms with Crippen molar-refractivity contribution in [1.82, 2.24) is 9.88 Å². The van der Waals surface area contributed by atoms with Gasteiger partial charge in [-0.2, -0.15) is 0 Å². The van der Waals surface area contributed by atoms with Crippen molar-refractivity contribution in [3.8, 4) is 0 Å². The molecule has 1 saturated heterocycles. The Balaban J connectivity index is 1.99. The van der Waals surface area contributed by atoms with E-state index in [1.54, 1.807) is 17.2 Å². The summed E-state index contributed by atoms with van der Waals surface area (Å²) in [7, 11) is 0. The first kappa shape index (κ1) is 14.8. The van der Waals surface area contributed by atoms with Crippen LogP contribution in [-0.4, -0.2) is 39.8 Å². The largest absolute Gasteiger partial charge is 0.444 e. The van der Waals surface area contributed by atoms with Crippen molar-refractivity contribution in [2.24, 2.45) is 0 Å². The van der Waals surface area contributed by atoms with Gasteiger partial charge < -0.3 is 14.7 Å². The maximum atomic E-state index is 12.0. The van der Waals surface area contributed by atoms with Crippen LogP contribution in [0.2, 0.25) is 0 Å². The van der Waals surface area contributed by atoms with E-state index in [0.717, 1.165) is 17.7 Å². The Hall–Kier alpha value is -1.62. The SMILES string of the molecule is CC(C)(C)OC(=O)N1CC[C@H](c2cc(CO)ccn2)C1. The highest BCUT2D eigenvalue weighted by atomic mass is 16.6. The highest BCUT2D eigenvalue weighted by Crippen LogP contribution is 2.27. The summed E-state index contributed by atoms with van der Waals surface area (Å²) in [5.74, 6) is 0.217. The van der Waals surface area contributed by atoms with Gasteiger partial charge in [0.2, 0.25) is 0 Å². The molecule has 1 N–H and O–H groups in total. The minimum Gasteiger partial charge on any atom is -0.444 e. The van der Waals surface area contributed by atoms with Crippen LogP contribution in [0.4, 0.5) is 4.79 Å². The molecule has 1 aliphatic rings. The summed E-state index contributed by atoms with van der Waals surface area (Å²) in [4.78, 5) is 18.1. The number of nitrogens with zero attached hydrogens (tertiary/aromatic N) is 2. The number of aliphatic hydroxyl groups excluding tert-OH is 1. The minimum absolute atomic E-state index is 0.0119. The molecule has 5 nitrogen and oxygen atoms in total. The van der Waals surface area contributed by atoms with Gasteiger partial charge >= 0.3 is 6.09 Å². The van der Waals surface area contributed by atoms with Gasteiger partial charge in [-0.05, 0) is 44.9 Å². The van der Waals surface area contributed by atoms with Crippen LogP contribution >= 0.6 is 0 Å². The third-order valence-electron chi connectivity index (χ3n) is 3.29. The van der Waals surface area contributed by atoms with Crippen LogP contribution in [0.1, 0.15) is 44.4 Å². The maximum Gasteiger partial charge on any atom is 0.410 e. The molecule has 0 unspecified atom stereocenters. The van der Waals surface area contributed by atoms with Crippen LogP contribution in [-0.2, 0) is 11.3 Å². The van der Waals surface area contributed by atoms with Crippen LogP contribution in [0.3, 0.4) is 0 Å². The van der Waals surface area contributed by atoms with Gasteiger partial charge in [0.05, 0.1) is 6.61 Å². The molecular formula is C15H22N2O3. The van der Waals surface area contributed by atoms with Crippen molar-refractivity contribution >= 4 is 6.09 Å². The predicted molar refractivity (Wildman–Crippen MR) is 75.3 cm³/mol. The first-order valence-electron chi connectivity index (χ1n) is 6.92. The fourth-order valence-corrected chi connectivity index (χ4v) is 2.31. The summed E-state index contributed by atoms with van der Waals surface area (Å²) in [6, 6.07) is 3.70. The van der Waals surface area contributed by atoms with Crippen LogP contribution in [0, 0.1) is 0 Å². The second kappa shape index (κ2) is 5.79. The molecule has 0 saturated carbocycles. The van der Waals surface area contributed by atoms with E-state index in [4.69, 9.17) is 9.84 Å². The highest BCUT2D eigenvalue weighted by Gasteiger charge is 2.31. The Kier molecular flexibility index (Phi) is 4.28. The molecule has 0 spiro atoms. The molecule has 2 rings (SSSR count). The van der Waals surface area contributed by atoms with E-state index in [2.05, 4.69) is 4.98 Å². The van der Waals surface area contributed by atoms with Crippen molar-refractivity contribution < 1.29 is 14.6 Å². The molecule has 0 bridgehead atoms. The van der Waals surface area contributed by atoms with Gasteiger partial charge in [-0.1, -0.05) is 0 Å². The molecule has 0 aliphatic carbocycles. The molecule has 0 aromatic carbocycles. The van der Waals surface area contributed by atoms with E-state index in [1.807, 2.05) is 26.8 Å². The highest BCUT2D eigenvalue weighted by molar-refractivity contribution is 5.68. The molecule has 1 fully saturated rings. The van der Waals surface area contributed by atoms with E-state index in [1.165, 1.54) is 0 Å². The molecule has 20 heavy (non-hydrogen) atoms. The quantitative estimate of drug-likeness (QED) is 0.901. The van der Waals surface area contributed by atoms with Gasteiger partial charge in [-0.15, -0.1) is 0 Å². The third-order valence-corrected chi connectivity index (χ3v) is 3.29. The van der Waals surface area contributed by atoms with E-state index in [-0.39, 0.29) is 18.6 Å². The number of carbonyl (C=O) groups excluding carboxylic acids is 1. The Labute approximate surface area is 119 Å². The molecule has 110 valence electrons. The fourth-order valence-electron chi connectivity index (χ4n) is 2.31. The molecule has 1 aromatic rings. The molecule has 1 aliphatic heterocycles. The van der Waals surface area contributed by atoms with Crippen LogP contribution in [0.25, 0.3) is 0 Å². The molecule has 0 radical (unpaired) electrons. The average Bonchev–Trinajstić information content (AvgIpc) is 2.86. The summed E-state index contributed by atoms with van der Waals surface area (Å²) in [5.41, 5.74) is 1.32. The van der Waals surface area contributed by atoms with Crippen molar-refractivity contribution in [3.63, 3.8) is 0 Å². The number of hydrogen-bond donors (Lipinski definition) is 1. The number of rotatable bonds is 2. The number of aromatic nitrogens is 1. The number of hydrogen-bond acceptors (Lipinski definition) is 4. The van der Waals surface area contributed by atoms with Crippen molar-refractivity contribution in [2.75, 3.05) is 13.1 Å². The first-order valence-corrected chi connectivity index (χ1v) is 6.92. The lowest BCUT2D eigenvalue weighted by molar-refractivity contribution is 0.0292. The number of aliphatic hydroxyl groups is 1. The minimum atomic E-state index is -0.468. The van der Waals surface area contributed by atoms with Gasteiger partial charge in [0.15, 0.2) is 0 Å². The van der Waals surface area contributed by atoms with Crippen LogP contribution < -0.4 is 0 Å². The topological polar surface area (TPSA) is 62.7 Å². The fraction of sp³-hybridized carbons (Fsp3) is 0.600. The van der Waals surface area contributed by atoms with Crippen LogP contribution in [0.5, 0.6) is 0 Å². The van der Waals surface area contributed by atoms with E-state index in [9.17, 15) is 4.79 Å². The van der Waals surface area contributed by atoms with Gasteiger partial charge in [-0.3, -0.25) is 4.98 Å².